The van der Waals surface area contributed by atoms with Crippen LogP contribution < -0.4 is 27.3 Å². The summed E-state index contributed by atoms with van der Waals surface area (Å²) in [5.74, 6) is 9.55. The molecule has 1 aromatic carbocycles. The minimum atomic E-state index is -0.507. The Kier molecular flexibility index (Phi) is 5.77. The predicted octanol–water partition coefficient (Wildman–Crippen LogP) is 0.0725. The van der Waals surface area contributed by atoms with Crippen molar-refractivity contribution >= 4 is 11.8 Å². The lowest BCUT2D eigenvalue weighted by molar-refractivity contribution is 0.0953. The van der Waals surface area contributed by atoms with E-state index in [1.54, 1.807) is 0 Å². The fourth-order valence-corrected chi connectivity index (χ4v) is 1.45. The Morgan fingerprint density at radius 1 is 1.11 bits per heavy atom. The van der Waals surface area contributed by atoms with Crippen LogP contribution in [0.1, 0.15) is 40.5 Å². The Bertz CT molecular complexity index is 428. The molecule has 0 bridgehead atoms. The Labute approximate surface area is 111 Å². The molecule has 2 amide bonds. The number of carbonyl (C=O) groups is 2. The number of amides is 2. The van der Waals surface area contributed by atoms with Crippen molar-refractivity contribution < 1.29 is 14.3 Å². The Balaban J connectivity index is 3.02. The summed E-state index contributed by atoms with van der Waals surface area (Å²) in [5.41, 5.74) is 4.47. The molecule has 0 aromatic heterocycles. The van der Waals surface area contributed by atoms with E-state index < -0.39 is 11.8 Å². The van der Waals surface area contributed by atoms with Gasteiger partial charge >= 0.3 is 0 Å². The summed E-state index contributed by atoms with van der Waals surface area (Å²) in [6, 6.07) is 4.42. The zero-order chi connectivity index (χ0) is 14.3. The van der Waals surface area contributed by atoms with E-state index in [0.29, 0.717) is 12.4 Å². The number of nitrogen functional groups attached to an aromatic ring is 2. The molecule has 1 aromatic rings. The van der Waals surface area contributed by atoms with Gasteiger partial charge in [0.25, 0.3) is 11.8 Å². The van der Waals surface area contributed by atoms with Crippen molar-refractivity contribution in [3.8, 4) is 5.75 Å². The molecule has 0 radical (unpaired) electrons. The monoisotopic (exact) mass is 266 g/mol. The molecule has 1 rings (SSSR count). The second-order valence-corrected chi connectivity index (χ2v) is 3.90. The first-order chi connectivity index (χ1) is 9.12. The zero-order valence-electron chi connectivity index (χ0n) is 10.7. The van der Waals surface area contributed by atoms with Gasteiger partial charge in [-0.3, -0.25) is 20.4 Å². The highest BCUT2D eigenvalue weighted by Gasteiger charge is 2.12. The van der Waals surface area contributed by atoms with Crippen molar-refractivity contribution in [1.29, 1.82) is 0 Å². The number of nitrogens with two attached hydrogens (primary N) is 2. The maximum Gasteiger partial charge on any atom is 0.265 e. The molecule has 0 spiro atoms. The highest BCUT2D eigenvalue weighted by molar-refractivity contribution is 5.99. The zero-order valence-corrected chi connectivity index (χ0v) is 10.7. The third kappa shape index (κ3) is 4.23. The number of nitrogens with one attached hydrogen (secondary N) is 2. The molecule has 0 atom stereocenters. The number of unbranched alkanes of at least 4 members (excludes halogenated alkanes) is 1. The number of hydrogen-bond acceptors (Lipinski definition) is 5. The van der Waals surface area contributed by atoms with Gasteiger partial charge in [0.05, 0.1) is 6.61 Å². The molecule has 0 unspecified atom stereocenters. The van der Waals surface area contributed by atoms with Crippen LogP contribution in [0, 0.1) is 0 Å². The number of hydrogen-bond donors (Lipinski definition) is 4. The van der Waals surface area contributed by atoms with Crippen LogP contribution >= 0.6 is 0 Å². The Morgan fingerprint density at radius 2 is 1.63 bits per heavy atom. The molecule has 0 fully saturated rings. The third-order valence-corrected chi connectivity index (χ3v) is 2.46. The number of benzene rings is 1. The molecular formula is C12H18N4O3. The lowest BCUT2D eigenvalue weighted by Gasteiger charge is -2.10. The van der Waals surface area contributed by atoms with Crippen molar-refractivity contribution in [1.82, 2.24) is 10.9 Å². The summed E-state index contributed by atoms with van der Waals surface area (Å²) in [6.07, 6.45) is 1.87. The molecule has 104 valence electrons. The Morgan fingerprint density at radius 3 is 2.05 bits per heavy atom. The third-order valence-electron chi connectivity index (χ3n) is 2.46. The van der Waals surface area contributed by atoms with Gasteiger partial charge in [-0.1, -0.05) is 13.3 Å². The number of hydrazine groups is 2. The first-order valence-electron chi connectivity index (χ1n) is 5.92. The number of rotatable bonds is 6. The van der Waals surface area contributed by atoms with E-state index in [2.05, 4.69) is 0 Å². The van der Waals surface area contributed by atoms with Crippen LogP contribution in [0.3, 0.4) is 0 Å². The van der Waals surface area contributed by atoms with Gasteiger partial charge in [0.1, 0.15) is 5.75 Å². The fraction of sp³-hybridized carbons (Fsp3) is 0.333. The average Bonchev–Trinajstić information content (AvgIpc) is 2.45. The van der Waals surface area contributed by atoms with Gasteiger partial charge in [0.15, 0.2) is 0 Å². The van der Waals surface area contributed by atoms with Crippen LogP contribution in [0.5, 0.6) is 5.75 Å². The van der Waals surface area contributed by atoms with Gasteiger partial charge in [-0.25, -0.2) is 11.7 Å². The van der Waals surface area contributed by atoms with E-state index in [1.807, 2.05) is 17.8 Å². The highest BCUT2D eigenvalue weighted by atomic mass is 16.5. The largest absolute Gasteiger partial charge is 0.494 e. The minimum Gasteiger partial charge on any atom is -0.494 e. The van der Waals surface area contributed by atoms with Crippen LogP contribution in [0.4, 0.5) is 0 Å². The smallest absolute Gasteiger partial charge is 0.265 e. The van der Waals surface area contributed by atoms with Crippen LogP contribution in [0.15, 0.2) is 18.2 Å². The molecule has 0 saturated carbocycles. The summed E-state index contributed by atoms with van der Waals surface area (Å²) in [5, 5.41) is 0. The summed E-state index contributed by atoms with van der Waals surface area (Å²) in [4.78, 5) is 23.0. The molecule has 6 N–H and O–H groups in total. The molecule has 0 saturated heterocycles. The summed E-state index contributed by atoms with van der Waals surface area (Å²) in [6.45, 7) is 2.54. The van der Waals surface area contributed by atoms with Crippen LogP contribution in [0.2, 0.25) is 0 Å². The highest BCUT2D eigenvalue weighted by Crippen LogP contribution is 2.18. The molecule has 19 heavy (non-hydrogen) atoms. The van der Waals surface area contributed by atoms with E-state index in [4.69, 9.17) is 16.4 Å². The van der Waals surface area contributed by atoms with Gasteiger partial charge in [-0.2, -0.15) is 0 Å². The molecular weight excluding hydrogens is 248 g/mol. The maximum atomic E-state index is 11.5. The van der Waals surface area contributed by atoms with Crippen LogP contribution in [-0.2, 0) is 0 Å². The molecule has 7 nitrogen and oxygen atoms in total. The van der Waals surface area contributed by atoms with E-state index in [-0.39, 0.29) is 11.1 Å². The second kappa shape index (κ2) is 7.34. The van der Waals surface area contributed by atoms with Crippen molar-refractivity contribution in [3.05, 3.63) is 29.3 Å². The molecule has 0 aliphatic carbocycles. The molecule has 0 aliphatic rings. The van der Waals surface area contributed by atoms with Crippen LogP contribution in [0.25, 0.3) is 0 Å². The Hall–Kier alpha value is -2.12. The summed E-state index contributed by atoms with van der Waals surface area (Å²) in [7, 11) is 0. The second-order valence-electron chi connectivity index (χ2n) is 3.90. The molecule has 7 heteroatoms. The van der Waals surface area contributed by atoms with Crippen molar-refractivity contribution in [2.45, 2.75) is 19.8 Å². The molecule has 0 heterocycles. The lowest BCUT2D eigenvalue weighted by atomic mass is 10.1. The first-order valence-corrected chi connectivity index (χ1v) is 5.92. The van der Waals surface area contributed by atoms with Gasteiger partial charge in [-0.15, -0.1) is 0 Å². The van der Waals surface area contributed by atoms with Gasteiger partial charge in [0.2, 0.25) is 0 Å². The van der Waals surface area contributed by atoms with Gasteiger partial charge in [0, 0.05) is 11.1 Å². The van der Waals surface area contributed by atoms with E-state index in [0.717, 1.165) is 12.8 Å². The van der Waals surface area contributed by atoms with E-state index >= 15 is 0 Å². The lowest BCUT2D eigenvalue weighted by Crippen LogP contribution is -2.32. The van der Waals surface area contributed by atoms with E-state index in [9.17, 15) is 9.59 Å². The predicted molar refractivity (Wildman–Crippen MR) is 70.2 cm³/mol. The summed E-state index contributed by atoms with van der Waals surface area (Å²) >= 11 is 0. The van der Waals surface area contributed by atoms with Crippen molar-refractivity contribution in [2.24, 2.45) is 11.7 Å². The minimum absolute atomic E-state index is 0.232. The molecule has 0 aliphatic heterocycles. The first kappa shape index (κ1) is 14.9. The van der Waals surface area contributed by atoms with Gasteiger partial charge in [-0.05, 0) is 24.6 Å². The fourth-order valence-electron chi connectivity index (χ4n) is 1.45. The topological polar surface area (TPSA) is 119 Å². The van der Waals surface area contributed by atoms with Gasteiger partial charge < -0.3 is 4.74 Å². The number of ether oxygens (including phenoxy) is 1. The quantitative estimate of drug-likeness (QED) is 0.251. The van der Waals surface area contributed by atoms with E-state index in [1.165, 1.54) is 18.2 Å². The standard InChI is InChI=1S/C12H18N4O3/c1-2-3-4-19-10-6-8(11(17)15-13)5-9(7-10)12(18)16-14/h5-7H,2-4,13-14H2,1H3,(H,15,17)(H,16,18). The SMILES string of the molecule is CCCCOc1cc(C(=O)NN)cc(C(=O)NN)c1. The number of carbonyl (C=O) groups excluding carboxylic acids is 2. The van der Waals surface area contributed by atoms with Crippen LogP contribution in [-0.4, -0.2) is 18.4 Å². The summed E-state index contributed by atoms with van der Waals surface area (Å²) < 4.78 is 5.48. The maximum absolute atomic E-state index is 11.5. The van der Waals surface area contributed by atoms with Crippen molar-refractivity contribution in [3.63, 3.8) is 0 Å². The normalized spacial score (nSPS) is 9.84. The average molecular weight is 266 g/mol. The van der Waals surface area contributed by atoms with Crippen molar-refractivity contribution in [2.75, 3.05) is 6.61 Å².